The number of carbonyl (C=O) groups is 1. The molecule has 2 heterocycles. The Morgan fingerprint density at radius 3 is 2.85 bits per heavy atom. The van der Waals surface area contributed by atoms with Crippen molar-refractivity contribution in [2.45, 2.75) is 25.3 Å². The predicted molar refractivity (Wildman–Crippen MR) is 107 cm³/mol. The molecule has 0 spiro atoms. The number of likely N-dealkylation sites (tertiary alicyclic amines) is 1. The van der Waals surface area contributed by atoms with E-state index < -0.39 is 0 Å². The molecule has 2 amide bonds. The molecule has 0 bridgehead atoms. The summed E-state index contributed by atoms with van der Waals surface area (Å²) in [6.07, 6.45) is 4.89. The van der Waals surface area contributed by atoms with Crippen LogP contribution in [0.5, 0.6) is 5.75 Å². The molecule has 1 aromatic heterocycles. The van der Waals surface area contributed by atoms with Gasteiger partial charge in [0.2, 0.25) is 0 Å². The van der Waals surface area contributed by atoms with Gasteiger partial charge in [0.1, 0.15) is 5.75 Å². The van der Waals surface area contributed by atoms with Gasteiger partial charge in [0.25, 0.3) is 0 Å². The number of carbonyl (C=O) groups excluding carboxylic acids is 1. The zero-order chi connectivity index (χ0) is 18.6. The van der Waals surface area contributed by atoms with Crippen molar-refractivity contribution in [2.24, 2.45) is 0 Å². The fourth-order valence-electron chi connectivity index (χ4n) is 3.93. The topological polar surface area (TPSA) is 57.4 Å². The Morgan fingerprint density at radius 1 is 1.22 bits per heavy atom. The second kappa shape index (κ2) is 7.74. The number of hydrogen-bond acceptors (Lipinski definition) is 2. The van der Waals surface area contributed by atoms with Crippen LogP contribution in [0.25, 0.3) is 10.9 Å². The summed E-state index contributed by atoms with van der Waals surface area (Å²) in [5, 5.41) is 4.32. The minimum Gasteiger partial charge on any atom is -0.497 e. The summed E-state index contributed by atoms with van der Waals surface area (Å²) < 4.78 is 5.23. The van der Waals surface area contributed by atoms with Crippen LogP contribution in [0.15, 0.2) is 54.7 Å². The Kier molecular flexibility index (Phi) is 5.01. The van der Waals surface area contributed by atoms with E-state index in [0.29, 0.717) is 6.54 Å². The van der Waals surface area contributed by atoms with Crippen molar-refractivity contribution in [2.75, 3.05) is 20.2 Å². The van der Waals surface area contributed by atoms with Crippen LogP contribution in [0.1, 0.15) is 30.0 Å². The van der Waals surface area contributed by atoms with Gasteiger partial charge >= 0.3 is 6.03 Å². The molecule has 3 aromatic rings. The summed E-state index contributed by atoms with van der Waals surface area (Å²) in [6, 6.07) is 16.4. The molecule has 2 N–H and O–H groups in total. The summed E-state index contributed by atoms with van der Waals surface area (Å²) in [5.41, 5.74) is 3.54. The maximum Gasteiger partial charge on any atom is 0.317 e. The van der Waals surface area contributed by atoms with Gasteiger partial charge in [-0.25, -0.2) is 4.79 Å². The quantitative estimate of drug-likeness (QED) is 0.711. The summed E-state index contributed by atoms with van der Waals surface area (Å²) in [5.74, 6) is 0.839. The van der Waals surface area contributed by atoms with Gasteiger partial charge in [0, 0.05) is 30.2 Å². The minimum atomic E-state index is 0.0214. The number of hydrogen-bond donors (Lipinski definition) is 2. The van der Waals surface area contributed by atoms with E-state index in [1.165, 1.54) is 16.5 Å². The molecule has 1 saturated heterocycles. The fourth-order valence-corrected chi connectivity index (χ4v) is 3.93. The van der Waals surface area contributed by atoms with E-state index in [1.807, 2.05) is 35.4 Å². The minimum absolute atomic E-state index is 0.0214. The van der Waals surface area contributed by atoms with Crippen molar-refractivity contribution in [3.05, 3.63) is 65.9 Å². The number of para-hydroxylation sites is 1. The molecule has 1 fully saturated rings. The van der Waals surface area contributed by atoms with Crippen LogP contribution in [-0.4, -0.2) is 36.1 Å². The van der Waals surface area contributed by atoms with Crippen LogP contribution in [0.4, 0.5) is 4.79 Å². The van der Waals surface area contributed by atoms with Crippen LogP contribution < -0.4 is 10.1 Å². The number of amides is 2. The highest BCUT2D eigenvalue weighted by Gasteiger charge is 2.29. The third-order valence-corrected chi connectivity index (χ3v) is 5.36. The van der Waals surface area contributed by atoms with Crippen LogP contribution in [-0.2, 0) is 6.42 Å². The average Bonchev–Trinajstić information content (AvgIpc) is 3.36. The Labute approximate surface area is 159 Å². The second-order valence-electron chi connectivity index (χ2n) is 6.97. The summed E-state index contributed by atoms with van der Waals surface area (Å²) in [4.78, 5) is 18.0. The Hall–Kier alpha value is -2.95. The van der Waals surface area contributed by atoms with E-state index in [1.54, 1.807) is 7.11 Å². The lowest BCUT2D eigenvalue weighted by atomic mass is 10.0. The number of fused-ring (bicyclic) bond motifs is 1. The highest BCUT2D eigenvalue weighted by Crippen LogP contribution is 2.32. The van der Waals surface area contributed by atoms with Crippen molar-refractivity contribution in [1.29, 1.82) is 0 Å². The SMILES string of the molecule is COc1ccc(C2CCCN2C(=O)NCCc2c[nH]c3ccccc23)cc1. The van der Waals surface area contributed by atoms with Crippen molar-refractivity contribution in [3.63, 3.8) is 0 Å². The van der Waals surface area contributed by atoms with Crippen molar-refractivity contribution >= 4 is 16.9 Å². The predicted octanol–water partition coefficient (Wildman–Crippen LogP) is 4.27. The Bertz CT molecular complexity index is 917. The molecular formula is C22H25N3O2. The molecule has 1 atom stereocenters. The fraction of sp³-hybridized carbons (Fsp3) is 0.318. The van der Waals surface area contributed by atoms with E-state index in [2.05, 4.69) is 34.6 Å². The van der Waals surface area contributed by atoms with E-state index >= 15 is 0 Å². The number of ether oxygens (including phenoxy) is 1. The molecule has 0 saturated carbocycles. The lowest BCUT2D eigenvalue weighted by Gasteiger charge is -2.25. The van der Waals surface area contributed by atoms with Gasteiger partial charge in [-0.2, -0.15) is 0 Å². The monoisotopic (exact) mass is 363 g/mol. The average molecular weight is 363 g/mol. The molecule has 5 nitrogen and oxygen atoms in total. The molecule has 1 aliphatic heterocycles. The van der Waals surface area contributed by atoms with Gasteiger partial charge in [-0.3, -0.25) is 0 Å². The Balaban J connectivity index is 1.37. The maximum atomic E-state index is 12.7. The molecule has 140 valence electrons. The summed E-state index contributed by atoms with van der Waals surface area (Å²) in [6.45, 7) is 1.43. The highest BCUT2D eigenvalue weighted by molar-refractivity contribution is 5.83. The zero-order valence-electron chi connectivity index (χ0n) is 15.6. The number of aromatic amines is 1. The molecule has 1 unspecified atom stereocenters. The number of H-pyrrole nitrogens is 1. The first kappa shape index (κ1) is 17.5. The standard InChI is InChI=1S/C22H25N3O2/c1-27-18-10-8-16(9-11-18)21-7-4-14-25(21)22(26)23-13-12-17-15-24-20-6-3-2-5-19(17)20/h2-3,5-6,8-11,15,21,24H,4,7,12-14H2,1H3,(H,23,26). The normalized spacial score (nSPS) is 16.6. The molecule has 2 aromatic carbocycles. The van der Waals surface area contributed by atoms with Crippen molar-refractivity contribution < 1.29 is 9.53 Å². The third kappa shape index (κ3) is 3.63. The van der Waals surface area contributed by atoms with E-state index in [9.17, 15) is 4.79 Å². The number of nitrogens with one attached hydrogen (secondary N) is 2. The molecule has 27 heavy (non-hydrogen) atoms. The molecule has 0 radical (unpaired) electrons. The van der Waals surface area contributed by atoms with Gasteiger partial charge in [0.05, 0.1) is 13.2 Å². The largest absolute Gasteiger partial charge is 0.497 e. The number of benzene rings is 2. The summed E-state index contributed by atoms with van der Waals surface area (Å²) >= 11 is 0. The van der Waals surface area contributed by atoms with Gasteiger partial charge in [-0.1, -0.05) is 30.3 Å². The number of rotatable bonds is 5. The number of methoxy groups -OCH3 is 1. The van der Waals surface area contributed by atoms with Gasteiger partial charge in [0.15, 0.2) is 0 Å². The molecule has 4 rings (SSSR count). The first-order chi connectivity index (χ1) is 13.3. The molecule has 1 aliphatic rings. The zero-order valence-corrected chi connectivity index (χ0v) is 15.6. The second-order valence-corrected chi connectivity index (χ2v) is 6.97. The van der Waals surface area contributed by atoms with Gasteiger partial charge < -0.3 is 19.9 Å². The van der Waals surface area contributed by atoms with Crippen LogP contribution >= 0.6 is 0 Å². The Morgan fingerprint density at radius 2 is 2.04 bits per heavy atom. The number of urea groups is 1. The number of aromatic nitrogens is 1. The highest BCUT2D eigenvalue weighted by atomic mass is 16.5. The lowest BCUT2D eigenvalue weighted by molar-refractivity contribution is 0.193. The molecule has 0 aliphatic carbocycles. The van der Waals surface area contributed by atoms with Crippen LogP contribution in [0.3, 0.4) is 0 Å². The molecular weight excluding hydrogens is 338 g/mol. The third-order valence-electron chi connectivity index (χ3n) is 5.36. The first-order valence-corrected chi connectivity index (χ1v) is 9.49. The number of nitrogens with zero attached hydrogens (tertiary/aromatic N) is 1. The van der Waals surface area contributed by atoms with E-state index in [4.69, 9.17) is 4.74 Å². The van der Waals surface area contributed by atoms with E-state index in [0.717, 1.165) is 37.1 Å². The van der Waals surface area contributed by atoms with Crippen LogP contribution in [0, 0.1) is 0 Å². The van der Waals surface area contributed by atoms with E-state index in [-0.39, 0.29) is 12.1 Å². The first-order valence-electron chi connectivity index (χ1n) is 9.49. The van der Waals surface area contributed by atoms with Crippen molar-refractivity contribution in [1.82, 2.24) is 15.2 Å². The van der Waals surface area contributed by atoms with Gasteiger partial charge in [-0.15, -0.1) is 0 Å². The summed E-state index contributed by atoms with van der Waals surface area (Å²) in [7, 11) is 1.66. The van der Waals surface area contributed by atoms with Crippen molar-refractivity contribution in [3.8, 4) is 5.75 Å². The lowest BCUT2D eigenvalue weighted by Crippen LogP contribution is -2.40. The smallest absolute Gasteiger partial charge is 0.317 e. The molecule has 5 heteroatoms. The van der Waals surface area contributed by atoms with Crippen LogP contribution in [0.2, 0.25) is 0 Å². The maximum absolute atomic E-state index is 12.7. The van der Waals surface area contributed by atoms with Gasteiger partial charge in [-0.05, 0) is 48.6 Å².